The van der Waals surface area contributed by atoms with Gasteiger partial charge in [0.25, 0.3) is 0 Å². The molecule has 0 fully saturated rings. The quantitative estimate of drug-likeness (QED) is 0.170. The lowest BCUT2D eigenvalue weighted by molar-refractivity contribution is 0.996. The van der Waals surface area contributed by atoms with Crippen molar-refractivity contribution in [1.82, 2.24) is 10.4 Å². The highest BCUT2D eigenvalue weighted by Crippen LogP contribution is 2.32. The number of benzene rings is 3. The van der Waals surface area contributed by atoms with E-state index in [0.717, 1.165) is 33.3 Å². The molecule has 154 valence electrons. The monoisotopic (exact) mass is 447 g/mol. The highest BCUT2D eigenvalue weighted by molar-refractivity contribution is 6.32. The first-order valence-electron chi connectivity index (χ1n) is 9.50. The van der Waals surface area contributed by atoms with Crippen LogP contribution < -0.4 is 11.2 Å². The Morgan fingerprint density at radius 3 is 2.42 bits per heavy atom. The average molecular weight is 448 g/mol. The van der Waals surface area contributed by atoms with Crippen LogP contribution in [0.3, 0.4) is 0 Å². The molecule has 0 aliphatic carbocycles. The summed E-state index contributed by atoms with van der Waals surface area (Å²) in [7, 11) is 0. The summed E-state index contributed by atoms with van der Waals surface area (Å²) in [5.74, 6) is -0.253. The second-order valence-electron chi connectivity index (χ2n) is 6.80. The Balaban J connectivity index is 1.91. The van der Waals surface area contributed by atoms with Gasteiger partial charge in [0, 0.05) is 26.5 Å². The molecule has 0 radical (unpaired) electrons. The van der Waals surface area contributed by atoms with E-state index in [1.54, 1.807) is 0 Å². The molecular formula is C24H19Cl2N5. The van der Waals surface area contributed by atoms with E-state index in [1.165, 1.54) is 0 Å². The van der Waals surface area contributed by atoms with Crippen molar-refractivity contribution < 1.29 is 0 Å². The van der Waals surface area contributed by atoms with Crippen molar-refractivity contribution in [3.8, 4) is 11.3 Å². The minimum absolute atomic E-state index is 0.253. The van der Waals surface area contributed by atoms with Crippen LogP contribution in [0.2, 0.25) is 10.0 Å². The summed E-state index contributed by atoms with van der Waals surface area (Å²) >= 11 is 12.4. The number of hydrogen-bond donors (Lipinski definition) is 4. The van der Waals surface area contributed by atoms with Gasteiger partial charge < -0.3 is 10.7 Å². The second kappa shape index (κ2) is 9.08. The van der Waals surface area contributed by atoms with E-state index in [2.05, 4.69) is 15.5 Å². The Morgan fingerprint density at radius 1 is 0.968 bits per heavy atom. The fourth-order valence-electron chi connectivity index (χ4n) is 3.32. The lowest BCUT2D eigenvalue weighted by Gasteiger charge is -2.07. The third-order valence-electron chi connectivity index (χ3n) is 4.72. The van der Waals surface area contributed by atoms with Crippen LogP contribution in [-0.4, -0.2) is 16.7 Å². The Morgan fingerprint density at radius 2 is 1.68 bits per heavy atom. The van der Waals surface area contributed by atoms with E-state index in [4.69, 9.17) is 34.3 Å². The number of aromatic nitrogens is 1. The molecular weight excluding hydrogens is 429 g/mol. The molecule has 5 nitrogen and oxygen atoms in total. The van der Waals surface area contributed by atoms with Crippen LogP contribution in [0.4, 0.5) is 0 Å². The fourth-order valence-corrected chi connectivity index (χ4v) is 3.64. The molecule has 0 spiro atoms. The second-order valence-corrected chi connectivity index (χ2v) is 7.65. The molecule has 3 aromatic carbocycles. The first-order chi connectivity index (χ1) is 15.0. The van der Waals surface area contributed by atoms with Gasteiger partial charge in [-0.3, -0.25) is 5.41 Å². The van der Waals surface area contributed by atoms with E-state index in [-0.39, 0.29) is 5.96 Å². The van der Waals surface area contributed by atoms with Gasteiger partial charge in [0.05, 0.1) is 11.4 Å². The standard InChI is InChI=1S/C24H19Cl2N5/c25-17-12-9-16(10-13-17)23-22(18-6-2-4-8-20(18)29-23)21(30-31-24(27)28)14-11-15-5-1-3-7-19(15)26/h1-14,29H,(H4,27,28,31). The van der Waals surface area contributed by atoms with Crippen molar-refractivity contribution in [3.05, 3.63) is 100 Å². The van der Waals surface area contributed by atoms with Crippen LogP contribution in [-0.2, 0) is 0 Å². The zero-order valence-electron chi connectivity index (χ0n) is 16.4. The minimum Gasteiger partial charge on any atom is -0.369 e. The van der Waals surface area contributed by atoms with Crippen LogP contribution in [0, 0.1) is 5.41 Å². The molecule has 0 aliphatic heterocycles. The van der Waals surface area contributed by atoms with Gasteiger partial charge in [-0.25, -0.2) is 5.43 Å². The highest BCUT2D eigenvalue weighted by Gasteiger charge is 2.17. The van der Waals surface area contributed by atoms with Crippen molar-refractivity contribution in [2.24, 2.45) is 10.8 Å². The minimum atomic E-state index is -0.253. The van der Waals surface area contributed by atoms with E-state index >= 15 is 0 Å². The van der Waals surface area contributed by atoms with Crippen LogP contribution in [0.5, 0.6) is 0 Å². The first kappa shape index (κ1) is 20.7. The molecule has 31 heavy (non-hydrogen) atoms. The number of rotatable bonds is 5. The highest BCUT2D eigenvalue weighted by atomic mass is 35.5. The normalized spacial score (nSPS) is 11.9. The molecule has 0 aliphatic rings. The average Bonchev–Trinajstić information content (AvgIpc) is 3.15. The maximum absolute atomic E-state index is 7.54. The Bertz CT molecular complexity index is 1300. The lowest BCUT2D eigenvalue weighted by Crippen LogP contribution is -2.26. The molecule has 4 aromatic rings. The first-order valence-corrected chi connectivity index (χ1v) is 10.3. The summed E-state index contributed by atoms with van der Waals surface area (Å²) < 4.78 is 0. The number of nitrogens with two attached hydrogens (primary N) is 1. The Kier molecular flexibility index (Phi) is 6.07. The number of fused-ring (bicyclic) bond motifs is 1. The topological polar surface area (TPSA) is 90.1 Å². The molecule has 1 aromatic heterocycles. The van der Waals surface area contributed by atoms with E-state index in [1.807, 2.05) is 84.9 Å². The van der Waals surface area contributed by atoms with E-state index in [9.17, 15) is 0 Å². The summed E-state index contributed by atoms with van der Waals surface area (Å²) in [6.45, 7) is 0. The number of guanidine groups is 1. The fraction of sp³-hybridized carbons (Fsp3) is 0. The molecule has 0 unspecified atom stereocenters. The number of halogens is 2. The number of hydrogen-bond acceptors (Lipinski definition) is 2. The van der Waals surface area contributed by atoms with Crippen molar-refractivity contribution in [2.75, 3.05) is 0 Å². The maximum Gasteiger partial charge on any atom is 0.206 e. The van der Waals surface area contributed by atoms with Gasteiger partial charge in [-0.2, -0.15) is 5.10 Å². The van der Waals surface area contributed by atoms with Gasteiger partial charge in [-0.05, 0) is 41.5 Å². The Hall–Kier alpha value is -3.54. The molecule has 5 N–H and O–H groups in total. The molecule has 0 saturated heterocycles. The third-order valence-corrected chi connectivity index (χ3v) is 5.31. The van der Waals surface area contributed by atoms with Crippen molar-refractivity contribution >= 4 is 51.9 Å². The number of H-pyrrole nitrogens is 1. The number of nitrogens with one attached hydrogen (secondary N) is 3. The van der Waals surface area contributed by atoms with Crippen LogP contribution >= 0.6 is 23.2 Å². The SMILES string of the molecule is N=C(N)NN=C(C=Cc1ccccc1Cl)c1c(-c2ccc(Cl)cc2)[nH]c2ccccc12. The maximum atomic E-state index is 7.54. The van der Waals surface area contributed by atoms with Crippen molar-refractivity contribution in [2.45, 2.75) is 0 Å². The van der Waals surface area contributed by atoms with E-state index < -0.39 is 0 Å². The third kappa shape index (κ3) is 4.63. The number of nitrogens with zero attached hydrogens (tertiary/aromatic N) is 1. The molecule has 1 heterocycles. The van der Waals surface area contributed by atoms with Crippen LogP contribution in [0.1, 0.15) is 11.1 Å². The van der Waals surface area contributed by atoms with Gasteiger partial charge in [-0.1, -0.05) is 77.8 Å². The molecule has 4 rings (SSSR count). The Labute approximate surface area is 189 Å². The molecule has 0 saturated carbocycles. The molecule has 0 atom stereocenters. The number of allylic oxidation sites excluding steroid dienone is 1. The van der Waals surface area contributed by atoms with E-state index in [0.29, 0.717) is 15.8 Å². The van der Waals surface area contributed by atoms with Gasteiger partial charge in [0.1, 0.15) is 0 Å². The molecule has 0 amide bonds. The summed E-state index contributed by atoms with van der Waals surface area (Å²) in [6, 6.07) is 23.1. The van der Waals surface area contributed by atoms with Crippen LogP contribution in [0.15, 0.2) is 84.0 Å². The van der Waals surface area contributed by atoms with Gasteiger partial charge >= 0.3 is 0 Å². The number of para-hydroxylation sites is 1. The lowest BCUT2D eigenvalue weighted by atomic mass is 10.0. The summed E-state index contributed by atoms with van der Waals surface area (Å²) in [5.41, 5.74) is 13.2. The summed E-state index contributed by atoms with van der Waals surface area (Å²) in [5, 5.41) is 14.2. The van der Waals surface area contributed by atoms with Crippen LogP contribution in [0.25, 0.3) is 28.2 Å². The number of aromatic amines is 1. The summed E-state index contributed by atoms with van der Waals surface area (Å²) in [6.07, 6.45) is 3.74. The molecule has 0 bridgehead atoms. The zero-order valence-corrected chi connectivity index (χ0v) is 17.9. The zero-order chi connectivity index (χ0) is 21.8. The molecule has 7 heteroatoms. The van der Waals surface area contributed by atoms with Crippen molar-refractivity contribution in [3.63, 3.8) is 0 Å². The predicted molar refractivity (Wildman–Crippen MR) is 131 cm³/mol. The largest absolute Gasteiger partial charge is 0.369 e. The van der Waals surface area contributed by atoms with Crippen molar-refractivity contribution in [1.29, 1.82) is 5.41 Å². The number of hydrazone groups is 1. The predicted octanol–water partition coefficient (Wildman–Crippen LogP) is 6.04. The van der Waals surface area contributed by atoms with Gasteiger partial charge in [-0.15, -0.1) is 0 Å². The smallest absolute Gasteiger partial charge is 0.206 e. The summed E-state index contributed by atoms with van der Waals surface area (Å²) in [4.78, 5) is 3.48. The van der Waals surface area contributed by atoms with Gasteiger partial charge in [0.15, 0.2) is 0 Å². The van der Waals surface area contributed by atoms with Gasteiger partial charge in [0.2, 0.25) is 5.96 Å².